The standard InChI is InChI=1S/C12H19N3O2/c1-15(8-10-5-6-17-14-10)12(16)7-9-3-2-4-11(9)13/h5-6,9,11H,2-4,7-8,13H2,1H3/t9-,11+/m0/s1. The molecule has 1 aromatic rings. The van der Waals surface area contributed by atoms with Crippen LogP contribution < -0.4 is 5.73 Å². The highest BCUT2D eigenvalue weighted by molar-refractivity contribution is 5.76. The molecule has 94 valence electrons. The summed E-state index contributed by atoms with van der Waals surface area (Å²) < 4.78 is 4.74. The Labute approximate surface area is 101 Å². The van der Waals surface area contributed by atoms with E-state index >= 15 is 0 Å². The minimum Gasteiger partial charge on any atom is -0.364 e. The van der Waals surface area contributed by atoms with Crippen molar-refractivity contribution in [1.29, 1.82) is 0 Å². The number of aromatic nitrogens is 1. The monoisotopic (exact) mass is 237 g/mol. The second-order valence-electron chi connectivity index (χ2n) is 4.80. The van der Waals surface area contributed by atoms with Crippen LogP contribution in [0.4, 0.5) is 0 Å². The molecule has 1 aliphatic rings. The third-order valence-electron chi connectivity index (χ3n) is 3.47. The molecule has 0 aliphatic heterocycles. The Morgan fingerprint density at radius 3 is 3.06 bits per heavy atom. The molecule has 2 rings (SSSR count). The summed E-state index contributed by atoms with van der Waals surface area (Å²) in [6.45, 7) is 0.497. The Morgan fingerprint density at radius 2 is 2.47 bits per heavy atom. The predicted molar refractivity (Wildman–Crippen MR) is 62.9 cm³/mol. The van der Waals surface area contributed by atoms with Crippen molar-refractivity contribution >= 4 is 5.91 Å². The van der Waals surface area contributed by atoms with Crippen LogP contribution in [0.3, 0.4) is 0 Å². The van der Waals surface area contributed by atoms with Gasteiger partial charge < -0.3 is 15.2 Å². The molecule has 1 aromatic heterocycles. The Morgan fingerprint density at radius 1 is 1.65 bits per heavy atom. The maximum Gasteiger partial charge on any atom is 0.223 e. The molecule has 0 unspecified atom stereocenters. The minimum absolute atomic E-state index is 0.135. The van der Waals surface area contributed by atoms with Crippen LogP contribution in [0.5, 0.6) is 0 Å². The van der Waals surface area contributed by atoms with E-state index in [4.69, 9.17) is 10.3 Å². The first-order valence-electron chi connectivity index (χ1n) is 6.05. The summed E-state index contributed by atoms with van der Waals surface area (Å²) >= 11 is 0. The molecule has 1 heterocycles. The normalized spacial score (nSPS) is 23.9. The van der Waals surface area contributed by atoms with Crippen molar-refractivity contribution in [2.75, 3.05) is 7.05 Å². The smallest absolute Gasteiger partial charge is 0.223 e. The average molecular weight is 237 g/mol. The Balaban J connectivity index is 1.83. The van der Waals surface area contributed by atoms with Crippen LogP contribution in [-0.4, -0.2) is 29.1 Å². The van der Waals surface area contributed by atoms with E-state index in [9.17, 15) is 4.79 Å². The number of rotatable bonds is 4. The van der Waals surface area contributed by atoms with Gasteiger partial charge in [-0.25, -0.2) is 0 Å². The lowest BCUT2D eigenvalue weighted by molar-refractivity contribution is -0.131. The van der Waals surface area contributed by atoms with Gasteiger partial charge in [-0.2, -0.15) is 0 Å². The zero-order chi connectivity index (χ0) is 12.3. The van der Waals surface area contributed by atoms with Crippen LogP contribution in [-0.2, 0) is 11.3 Å². The highest BCUT2D eigenvalue weighted by Crippen LogP contribution is 2.27. The zero-order valence-corrected chi connectivity index (χ0v) is 10.1. The molecule has 5 nitrogen and oxygen atoms in total. The number of hydrogen-bond donors (Lipinski definition) is 1. The first kappa shape index (κ1) is 12.1. The molecule has 0 bridgehead atoms. The molecular weight excluding hydrogens is 218 g/mol. The van der Waals surface area contributed by atoms with Crippen LogP contribution in [0, 0.1) is 5.92 Å². The lowest BCUT2D eigenvalue weighted by Crippen LogP contribution is -2.32. The van der Waals surface area contributed by atoms with Crippen molar-refractivity contribution in [1.82, 2.24) is 10.1 Å². The summed E-state index contributed by atoms with van der Waals surface area (Å²) in [5, 5.41) is 3.79. The van der Waals surface area contributed by atoms with Crippen LogP contribution in [0.15, 0.2) is 16.9 Å². The van der Waals surface area contributed by atoms with Crippen LogP contribution in [0.2, 0.25) is 0 Å². The largest absolute Gasteiger partial charge is 0.364 e. The molecule has 1 aliphatic carbocycles. The molecule has 5 heteroatoms. The maximum absolute atomic E-state index is 12.0. The summed E-state index contributed by atoms with van der Waals surface area (Å²) in [4.78, 5) is 13.7. The van der Waals surface area contributed by atoms with Gasteiger partial charge in [-0.15, -0.1) is 0 Å². The molecule has 1 amide bonds. The number of nitrogens with two attached hydrogens (primary N) is 1. The summed E-state index contributed by atoms with van der Waals surface area (Å²) in [6, 6.07) is 1.96. The van der Waals surface area contributed by atoms with Crippen molar-refractivity contribution < 1.29 is 9.32 Å². The molecule has 1 saturated carbocycles. The fourth-order valence-corrected chi connectivity index (χ4v) is 2.35. The van der Waals surface area contributed by atoms with E-state index in [0.29, 0.717) is 18.9 Å². The first-order valence-corrected chi connectivity index (χ1v) is 6.05. The van der Waals surface area contributed by atoms with E-state index in [1.165, 1.54) is 6.26 Å². The van der Waals surface area contributed by atoms with Crippen molar-refractivity contribution in [3.8, 4) is 0 Å². The molecule has 0 spiro atoms. The average Bonchev–Trinajstić information content (AvgIpc) is 2.91. The number of carbonyl (C=O) groups excluding carboxylic acids is 1. The summed E-state index contributed by atoms with van der Waals surface area (Å²) in [7, 11) is 1.79. The van der Waals surface area contributed by atoms with Gasteiger partial charge in [-0.3, -0.25) is 4.79 Å². The third-order valence-corrected chi connectivity index (χ3v) is 3.47. The molecule has 0 radical (unpaired) electrons. The van der Waals surface area contributed by atoms with E-state index in [1.54, 1.807) is 18.0 Å². The Bertz CT molecular complexity index is 364. The van der Waals surface area contributed by atoms with Crippen LogP contribution >= 0.6 is 0 Å². The number of nitrogens with zero attached hydrogens (tertiary/aromatic N) is 2. The van der Waals surface area contributed by atoms with E-state index < -0.39 is 0 Å². The number of amides is 1. The minimum atomic E-state index is 0.135. The predicted octanol–water partition coefficient (Wildman–Crippen LogP) is 1.15. The molecule has 2 N–H and O–H groups in total. The van der Waals surface area contributed by atoms with E-state index in [2.05, 4.69) is 5.16 Å². The molecule has 17 heavy (non-hydrogen) atoms. The van der Waals surface area contributed by atoms with Gasteiger partial charge in [-0.05, 0) is 18.8 Å². The zero-order valence-electron chi connectivity index (χ0n) is 10.1. The summed E-state index contributed by atoms with van der Waals surface area (Å²) in [5.41, 5.74) is 6.74. The molecule has 1 fully saturated rings. The molecular formula is C12H19N3O2. The fraction of sp³-hybridized carbons (Fsp3) is 0.667. The first-order chi connectivity index (χ1) is 8.16. The molecule has 0 saturated heterocycles. The maximum atomic E-state index is 12.0. The van der Waals surface area contributed by atoms with Crippen molar-refractivity contribution in [3.05, 3.63) is 18.0 Å². The number of hydrogen-bond acceptors (Lipinski definition) is 4. The number of carbonyl (C=O) groups is 1. The van der Waals surface area contributed by atoms with E-state index in [-0.39, 0.29) is 11.9 Å². The highest BCUT2D eigenvalue weighted by Gasteiger charge is 2.27. The van der Waals surface area contributed by atoms with Crippen molar-refractivity contribution in [3.63, 3.8) is 0 Å². The van der Waals surface area contributed by atoms with Gasteiger partial charge in [0.05, 0.1) is 6.54 Å². The second-order valence-corrected chi connectivity index (χ2v) is 4.80. The van der Waals surface area contributed by atoms with Gasteiger partial charge >= 0.3 is 0 Å². The third kappa shape index (κ3) is 3.06. The Hall–Kier alpha value is -1.36. The quantitative estimate of drug-likeness (QED) is 0.852. The van der Waals surface area contributed by atoms with Gasteiger partial charge in [0.2, 0.25) is 5.91 Å². The Kier molecular flexibility index (Phi) is 3.78. The van der Waals surface area contributed by atoms with E-state index in [0.717, 1.165) is 25.0 Å². The van der Waals surface area contributed by atoms with Gasteiger partial charge in [0, 0.05) is 25.6 Å². The topological polar surface area (TPSA) is 72.4 Å². The van der Waals surface area contributed by atoms with E-state index in [1.807, 2.05) is 0 Å². The van der Waals surface area contributed by atoms with Gasteiger partial charge in [0.25, 0.3) is 0 Å². The van der Waals surface area contributed by atoms with Gasteiger partial charge in [0.15, 0.2) is 0 Å². The summed E-state index contributed by atoms with van der Waals surface area (Å²) in [6.07, 6.45) is 5.33. The fourth-order valence-electron chi connectivity index (χ4n) is 2.35. The summed E-state index contributed by atoms with van der Waals surface area (Å²) in [5.74, 6) is 0.484. The lowest BCUT2D eigenvalue weighted by atomic mass is 9.99. The van der Waals surface area contributed by atoms with Crippen LogP contribution in [0.1, 0.15) is 31.4 Å². The van der Waals surface area contributed by atoms with Crippen molar-refractivity contribution in [2.45, 2.75) is 38.3 Å². The van der Waals surface area contributed by atoms with Crippen molar-refractivity contribution in [2.24, 2.45) is 11.7 Å². The van der Waals surface area contributed by atoms with Crippen LogP contribution in [0.25, 0.3) is 0 Å². The lowest BCUT2D eigenvalue weighted by Gasteiger charge is -2.20. The second kappa shape index (κ2) is 5.31. The SMILES string of the molecule is CN(Cc1ccon1)C(=O)C[C@@H]1CCC[C@H]1N. The highest BCUT2D eigenvalue weighted by atomic mass is 16.5. The van der Waals surface area contributed by atoms with Gasteiger partial charge in [-0.1, -0.05) is 11.6 Å². The molecule has 0 aromatic carbocycles. The van der Waals surface area contributed by atoms with Gasteiger partial charge in [0.1, 0.15) is 12.0 Å². The molecule has 2 atom stereocenters.